The van der Waals surface area contributed by atoms with E-state index in [0.717, 1.165) is 6.07 Å². The standard InChI is InChI=1S/C11H9F2N3O2/c12-7-3-6(4-8(13)5-7)1-2-14-11-15-9(17)10(18)16-11/h3-5H,1-2H2,(H2,14,15,16,17,18). The number of rotatable bonds is 3. The molecule has 0 unspecified atom stereocenters. The first-order chi connectivity index (χ1) is 8.54. The summed E-state index contributed by atoms with van der Waals surface area (Å²) < 4.78 is 25.7. The summed E-state index contributed by atoms with van der Waals surface area (Å²) in [6, 6.07) is 3.19. The molecule has 2 N–H and O–H groups in total. The third-order valence-corrected chi connectivity index (χ3v) is 2.26. The molecule has 1 heterocycles. The fourth-order valence-corrected chi connectivity index (χ4v) is 1.49. The first-order valence-corrected chi connectivity index (χ1v) is 5.16. The average Bonchev–Trinajstić information content (AvgIpc) is 2.57. The van der Waals surface area contributed by atoms with Gasteiger partial charge in [-0.1, -0.05) is 0 Å². The smallest absolute Gasteiger partial charge is 0.288 e. The lowest BCUT2D eigenvalue weighted by Crippen LogP contribution is -2.26. The summed E-state index contributed by atoms with van der Waals surface area (Å²) in [5, 5.41) is 4.43. The van der Waals surface area contributed by atoms with Gasteiger partial charge in [0.1, 0.15) is 11.6 Å². The lowest BCUT2D eigenvalue weighted by molar-refractivity contribution is -0.135. The molecule has 0 radical (unpaired) electrons. The summed E-state index contributed by atoms with van der Waals surface area (Å²) in [6.45, 7) is 0.193. The highest BCUT2D eigenvalue weighted by atomic mass is 19.1. The van der Waals surface area contributed by atoms with E-state index in [2.05, 4.69) is 15.6 Å². The van der Waals surface area contributed by atoms with Gasteiger partial charge in [-0.3, -0.25) is 25.2 Å². The Kier molecular flexibility index (Phi) is 3.31. The molecule has 0 spiro atoms. The van der Waals surface area contributed by atoms with Crippen molar-refractivity contribution in [3.8, 4) is 0 Å². The molecule has 5 nitrogen and oxygen atoms in total. The van der Waals surface area contributed by atoms with Crippen molar-refractivity contribution in [3.63, 3.8) is 0 Å². The predicted molar refractivity (Wildman–Crippen MR) is 58.6 cm³/mol. The highest BCUT2D eigenvalue weighted by Crippen LogP contribution is 2.08. The normalized spacial score (nSPS) is 14.4. The van der Waals surface area contributed by atoms with Gasteiger partial charge < -0.3 is 0 Å². The van der Waals surface area contributed by atoms with E-state index < -0.39 is 23.4 Å². The van der Waals surface area contributed by atoms with E-state index in [-0.39, 0.29) is 12.5 Å². The van der Waals surface area contributed by atoms with Crippen LogP contribution >= 0.6 is 0 Å². The fourth-order valence-electron chi connectivity index (χ4n) is 1.49. The molecule has 0 saturated carbocycles. The van der Waals surface area contributed by atoms with Crippen molar-refractivity contribution in [1.82, 2.24) is 10.6 Å². The van der Waals surface area contributed by atoms with Gasteiger partial charge in [-0.25, -0.2) is 8.78 Å². The predicted octanol–water partition coefficient (Wildman–Crippen LogP) is 0.109. The number of aliphatic imine (C=N–C) groups is 1. The third kappa shape index (κ3) is 2.88. The van der Waals surface area contributed by atoms with Crippen LogP contribution in [0.1, 0.15) is 5.56 Å². The van der Waals surface area contributed by atoms with Crippen LogP contribution in [0.4, 0.5) is 8.78 Å². The number of nitrogens with zero attached hydrogens (tertiary/aromatic N) is 1. The van der Waals surface area contributed by atoms with Gasteiger partial charge >= 0.3 is 11.8 Å². The summed E-state index contributed by atoms with van der Waals surface area (Å²) in [6.07, 6.45) is 0.296. The lowest BCUT2D eigenvalue weighted by atomic mass is 10.1. The summed E-state index contributed by atoms with van der Waals surface area (Å²) in [4.78, 5) is 25.5. The maximum atomic E-state index is 12.9. The van der Waals surface area contributed by atoms with Gasteiger partial charge in [-0.05, 0) is 24.1 Å². The largest absolute Gasteiger partial charge is 0.316 e. The van der Waals surface area contributed by atoms with E-state index in [9.17, 15) is 18.4 Å². The molecule has 0 atom stereocenters. The minimum Gasteiger partial charge on any atom is -0.288 e. The number of benzene rings is 1. The van der Waals surface area contributed by atoms with Gasteiger partial charge in [0.05, 0.1) is 0 Å². The second-order valence-electron chi connectivity index (χ2n) is 3.67. The van der Waals surface area contributed by atoms with E-state index in [1.165, 1.54) is 12.1 Å². The highest BCUT2D eigenvalue weighted by Gasteiger charge is 2.24. The Morgan fingerprint density at radius 2 is 1.56 bits per heavy atom. The molecule has 0 aliphatic carbocycles. The molecule has 1 saturated heterocycles. The van der Waals surface area contributed by atoms with Gasteiger partial charge in [0.25, 0.3) is 0 Å². The Bertz CT molecular complexity index is 505. The first kappa shape index (κ1) is 12.2. The highest BCUT2D eigenvalue weighted by molar-refractivity contribution is 6.45. The van der Waals surface area contributed by atoms with E-state index >= 15 is 0 Å². The Balaban J connectivity index is 1.94. The minimum absolute atomic E-state index is 0.0573. The van der Waals surface area contributed by atoms with Gasteiger partial charge in [0.2, 0.25) is 5.96 Å². The van der Waals surface area contributed by atoms with Crippen LogP contribution in [0, 0.1) is 11.6 Å². The van der Waals surface area contributed by atoms with Gasteiger partial charge in [0.15, 0.2) is 0 Å². The van der Waals surface area contributed by atoms with Crippen LogP contribution in [-0.2, 0) is 16.0 Å². The molecule has 2 rings (SSSR count). The number of nitrogens with one attached hydrogen (secondary N) is 2. The minimum atomic E-state index is -0.773. The Morgan fingerprint density at radius 3 is 2.11 bits per heavy atom. The lowest BCUT2D eigenvalue weighted by Gasteiger charge is -2.00. The van der Waals surface area contributed by atoms with Crippen molar-refractivity contribution in [2.75, 3.05) is 6.54 Å². The molecular weight excluding hydrogens is 244 g/mol. The van der Waals surface area contributed by atoms with Crippen LogP contribution in [0.5, 0.6) is 0 Å². The summed E-state index contributed by atoms with van der Waals surface area (Å²) >= 11 is 0. The fraction of sp³-hybridized carbons (Fsp3) is 0.182. The number of halogens is 2. The Hall–Kier alpha value is -2.31. The first-order valence-electron chi connectivity index (χ1n) is 5.16. The summed E-state index contributed by atoms with van der Waals surface area (Å²) in [5.41, 5.74) is 0.451. The molecule has 1 aliphatic heterocycles. The molecule has 1 aromatic carbocycles. The van der Waals surface area contributed by atoms with E-state index in [0.29, 0.717) is 12.0 Å². The van der Waals surface area contributed by atoms with Crippen LogP contribution in [-0.4, -0.2) is 24.3 Å². The number of hydrogen-bond acceptors (Lipinski definition) is 3. The number of carbonyl (C=O) groups excluding carboxylic acids is 2. The van der Waals surface area contributed by atoms with Crippen LogP contribution in [0.25, 0.3) is 0 Å². The van der Waals surface area contributed by atoms with Crippen LogP contribution < -0.4 is 10.6 Å². The topological polar surface area (TPSA) is 70.6 Å². The Labute approximate surface area is 101 Å². The monoisotopic (exact) mass is 253 g/mol. The third-order valence-electron chi connectivity index (χ3n) is 2.26. The van der Waals surface area contributed by atoms with Gasteiger partial charge in [0, 0.05) is 12.6 Å². The van der Waals surface area contributed by atoms with Gasteiger partial charge in [-0.15, -0.1) is 0 Å². The van der Waals surface area contributed by atoms with Crippen molar-refractivity contribution in [1.29, 1.82) is 0 Å². The molecule has 0 aromatic heterocycles. The number of guanidine groups is 1. The maximum absolute atomic E-state index is 12.9. The van der Waals surface area contributed by atoms with Crippen LogP contribution in [0.15, 0.2) is 23.2 Å². The quantitative estimate of drug-likeness (QED) is 0.750. The number of amides is 2. The molecule has 1 aromatic rings. The summed E-state index contributed by atoms with van der Waals surface area (Å²) in [5.74, 6) is -2.79. The molecule has 94 valence electrons. The molecule has 0 bridgehead atoms. The second kappa shape index (κ2) is 4.91. The van der Waals surface area contributed by atoms with E-state index in [4.69, 9.17) is 0 Å². The van der Waals surface area contributed by atoms with Crippen molar-refractivity contribution in [2.24, 2.45) is 4.99 Å². The van der Waals surface area contributed by atoms with E-state index in [1.54, 1.807) is 0 Å². The van der Waals surface area contributed by atoms with Crippen molar-refractivity contribution < 1.29 is 18.4 Å². The molecular formula is C11H9F2N3O2. The zero-order valence-electron chi connectivity index (χ0n) is 9.17. The molecule has 1 aliphatic rings. The van der Waals surface area contributed by atoms with Crippen molar-refractivity contribution in [3.05, 3.63) is 35.4 Å². The van der Waals surface area contributed by atoms with Crippen LogP contribution in [0.3, 0.4) is 0 Å². The second-order valence-corrected chi connectivity index (χ2v) is 3.67. The molecule has 7 heteroatoms. The molecule has 18 heavy (non-hydrogen) atoms. The maximum Gasteiger partial charge on any atom is 0.316 e. The SMILES string of the molecule is O=C1NC(=NCCc2cc(F)cc(F)c2)NC1=O. The summed E-state index contributed by atoms with van der Waals surface area (Å²) in [7, 11) is 0. The van der Waals surface area contributed by atoms with E-state index in [1.807, 2.05) is 0 Å². The van der Waals surface area contributed by atoms with Crippen molar-refractivity contribution in [2.45, 2.75) is 6.42 Å². The zero-order chi connectivity index (χ0) is 13.1. The zero-order valence-corrected chi connectivity index (χ0v) is 9.17. The van der Waals surface area contributed by atoms with Crippen molar-refractivity contribution >= 4 is 17.8 Å². The number of hydrogen-bond donors (Lipinski definition) is 2. The van der Waals surface area contributed by atoms with Crippen LogP contribution in [0.2, 0.25) is 0 Å². The molecule has 1 fully saturated rings. The van der Waals surface area contributed by atoms with Gasteiger partial charge in [-0.2, -0.15) is 0 Å². The Morgan fingerprint density at radius 1 is 1.00 bits per heavy atom. The average molecular weight is 253 g/mol. The molecule has 2 amide bonds. The number of carbonyl (C=O) groups is 2.